The third kappa shape index (κ3) is 5.09. The lowest BCUT2D eigenvalue weighted by molar-refractivity contribution is 0.660. The van der Waals surface area contributed by atoms with Crippen molar-refractivity contribution >= 4 is 44.0 Å². The van der Waals surface area contributed by atoms with E-state index in [1.54, 1.807) is 0 Å². The zero-order valence-electron chi connectivity index (χ0n) is 40.2. The van der Waals surface area contributed by atoms with Crippen LogP contribution in [0.25, 0.3) is 111 Å². The van der Waals surface area contributed by atoms with Crippen LogP contribution in [-0.2, 0) is 22.7 Å². The number of benzene rings is 10. The summed E-state index contributed by atoms with van der Waals surface area (Å²) in [6.45, 7) is 14.5. The summed E-state index contributed by atoms with van der Waals surface area (Å²) in [4.78, 5) is 0. The third-order valence-electron chi connectivity index (χ3n) is 17.7. The maximum Gasteiger partial charge on any atom is 0.0159 e. The molecule has 0 bridgehead atoms. The summed E-state index contributed by atoms with van der Waals surface area (Å²) in [5, 5.41) is 8.00. The van der Waals surface area contributed by atoms with Crippen molar-refractivity contribution in [2.75, 3.05) is 0 Å². The summed E-state index contributed by atoms with van der Waals surface area (Å²) in [5.41, 5.74) is 29.5. The van der Waals surface area contributed by atoms with Crippen molar-refractivity contribution in [3.05, 3.63) is 226 Å². The molecule has 0 atom stereocenters. The van der Waals surface area contributed by atoms with Crippen LogP contribution in [0.3, 0.4) is 0 Å². The molecule has 15 rings (SSSR count). The van der Waals surface area contributed by atoms with Crippen LogP contribution in [0, 0.1) is 0 Å². The lowest BCUT2D eigenvalue weighted by Gasteiger charge is -2.26. The lowest BCUT2D eigenvalue weighted by atomic mass is 9.77. The van der Waals surface area contributed by atoms with Gasteiger partial charge in [0.15, 0.2) is 0 Å². The summed E-state index contributed by atoms with van der Waals surface area (Å²) in [6.07, 6.45) is 9.18. The molecular formula is C69H52. The van der Waals surface area contributed by atoms with Gasteiger partial charge in [0.1, 0.15) is 0 Å². The molecule has 0 amide bonds. The van der Waals surface area contributed by atoms with Gasteiger partial charge in [0.2, 0.25) is 0 Å². The Labute approximate surface area is 405 Å². The van der Waals surface area contributed by atoms with Crippen LogP contribution in [-0.4, -0.2) is 0 Å². The molecular weight excluding hydrogens is 829 g/mol. The van der Waals surface area contributed by atoms with Gasteiger partial charge in [0.25, 0.3) is 0 Å². The standard InChI is InChI=1S/C69H52/c1-67(2)57-22-10-7-18-45(57)48-30-28-43(35-60(48)67)64-51-32-27-41(52-34-42-17-13-15-39-25-26-40-16-14-21-50(52)66(40)63(39)42)33-54(51)65(44-29-31-49-46-19-8-11-23-58(46)68(3,4)61(49)36-44)56-38-62-53(37-55(56)64)47-20-9-12-24-59(47)69(62,5)6/h7-14,16-25,27-38H,15,26H2,1-6H3. The van der Waals surface area contributed by atoms with Crippen molar-refractivity contribution in [2.24, 2.45) is 0 Å². The predicted molar refractivity (Wildman–Crippen MR) is 293 cm³/mol. The first-order valence-corrected chi connectivity index (χ1v) is 25.1. The first-order chi connectivity index (χ1) is 33.5. The Morgan fingerprint density at radius 1 is 0.333 bits per heavy atom. The fourth-order valence-corrected chi connectivity index (χ4v) is 14.2. The van der Waals surface area contributed by atoms with E-state index in [0.717, 1.165) is 12.8 Å². The van der Waals surface area contributed by atoms with Gasteiger partial charge in [-0.1, -0.05) is 187 Å². The zero-order valence-corrected chi connectivity index (χ0v) is 40.2. The molecule has 328 valence electrons. The Kier molecular flexibility index (Phi) is 7.64. The minimum Gasteiger partial charge on any atom is -0.0795 e. The van der Waals surface area contributed by atoms with Gasteiger partial charge in [0.05, 0.1) is 0 Å². The monoisotopic (exact) mass is 880 g/mol. The van der Waals surface area contributed by atoms with E-state index >= 15 is 0 Å². The highest BCUT2D eigenvalue weighted by Crippen LogP contribution is 2.57. The average Bonchev–Trinajstić information content (AvgIpc) is 3.85. The van der Waals surface area contributed by atoms with Crippen molar-refractivity contribution in [3.8, 4) is 66.8 Å². The number of fused-ring (bicyclic) bond motifs is 11. The van der Waals surface area contributed by atoms with E-state index in [1.807, 2.05) is 0 Å². The SMILES string of the molecule is CC1(C)c2ccccc2-c2ccc(-c3c4ccc(-c5cc6c7c8c(cccc58)CC=C7CC=C6)cc4c(-c4ccc5c(c4)C(C)(C)c4ccccc4-5)c4cc5c(cc34)-c3ccccc3C5(C)C)cc21. The van der Waals surface area contributed by atoms with E-state index in [4.69, 9.17) is 0 Å². The van der Waals surface area contributed by atoms with Crippen molar-refractivity contribution in [1.29, 1.82) is 0 Å². The van der Waals surface area contributed by atoms with Crippen LogP contribution < -0.4 is 0 Å². The van der Waals surface area contributed by atoms with Crippen LogP contribution in [0.5, 0.6) is 0 Å². The predicted octanol–water partition coefficient (Wildman–Crippen LogP) is 18.4. The van der Waals surface area contributed by atoms with Crippen LogP contribution >= 0.6 is 0 Å². The van der Waals surface area contributed by atoms with Crippen molar-refractivity contribution < 1.29 is 0 Å². The van der Waals surface area contributed by atoms with Gasteiger partial charge >= 0.3 is 0 Å². The Morgan fingerprint density at radius 3 is 1.49 bits per heavy atom. The van der Waals surface area contributed by atoms with Crippen LogP contribution in [0.2, 0.25) is 0 Å². The van der Waals surface area contributed by atoms with Gasteiger partial charge in [-0.2, -0.15) is 0 Å². The molecule has 0 heterocycles. The summed E-state index contributed by atoms with van der Waals surface area (Å²) >= 11 is 0. The second-order valence-corrected chi connectivity index (χ2v) is 22.3. The molecule has 0 nitrogen and oxygen atoms in total. The Hall–Kier alpha value is -7.54. The maximum absolute atomic E-state index is 2.61. The smallest absolute Gasteiger partial charge is 0.0159 e. The molecule has 10 aromatic carbocycles. The second kappa shape index (κ2) is 13.4. The molecule has 0 N–H and O–H groups in total. The fourth-order valence-electron chi connectivity index (χ4n) is 14.2. The molecule has 0 saturated carbocycles. The van der Waals surface area contributed by atoms with Crippen molar-refractivity contribution in [2.45, 2.75) is 70.6 Å². The van der Waals surface area contributed by atoms with E-state index < -0.39 is 0 Å². The highest BCUT2D eigenvalue weighted by Gasteiger charge is 2.39. The number of allylic oxidation sites excluding steroid dienone is 3. The van der Waals surface area contributed by atoms with Crippen LogP contribution in [0.15, 0.2) is 176 Å². The molecule has 5 aliphatic rings. The zero-order chi connectivity index (χ0) is 46.3. The average molecular weight is 881 g/mol. The van der Waals surface area contributed by atoms with E-state index in [1.165, 1.54) is 155 Å². The van der Waals surface area contributed by atoms with Gasteiger partial charge in [-0.3, -0.25) is 0 Å². The third-order valence-corrected chi connectivity index (χ3v) is 17.7. The van der Waals surface area contributed by atoms with Crippen LogP contribution in [0.4, 0.5) is 0 Å². The van der Waals surface area contributed by atoms with Gasteiger partial charge in [-0.25, -0.2) is 0 Å². The van der Waals surface area contributed by atoms with E-state index in [9.17, 15) is 0 Å². The molecule has 10 aromatic rings. The largest absolute Gasteiger partial charge is 0.0795 e. The number of hydrogen-bond acceptors (Lipinski definition) is 0. The molecule has 0 aromatic heterocycles. The normalized spacial score (nSPS) is 16.5. The number of rotatable bonds is 3. The molecule has 0 spiro atoms. The quantitative estimate of drug-likeness (QED) is 0.155. The molecule has 0 unspecified atom stereocenters. The molecule has 0 radical (unpaired) electrons. The minimum absolute atomic E-state index is 0.127. The van der Waals surface area contributed by atoms with Gasteiger partial charge in [-0.15, -0.1) is 0 Å². The van der Waals surface area contributed by atoms with Gasteiger partial charge in [-0.05, 0) is 204 Å². The molecule has 69 heavy (non-hydrogen) atoms. The van der Waals surface area contributed by atoms with Gasteiger partial charge in [0, 0.05) is 16.2 Å². The molecule has 5 aliphatic carbocycles. The minimum atomic E-state index is -0.162. The maximum atomic E-state index is 2.61. The van der Waals surface area contributed by atoms with Crippen molar-refractivity contribution in [1.82, 2.24) is 0 Å². The summed E-state index contributed by atoms with van der Waals surface area (Å²) in [5.74, 6) is 0. The molecule has 0 fully saturated rings. The van der Waals surface area contributed by atoms with Crippen LogP contribution in [0.1, 0.15) is 98.0 Å². The van der Waals surface area contributed by atoms with E-state index in [0.29, 0.717) is 0 Å². The summed E-state index contributed by atoms with van der Waals surface area (Å²) in [7, 11) is 0. The topological polar surface area (TPSA) is 0 Å². The highest BCUT2D eigenvalue weighted by molar-refractivity contribution is 6.24. The van der Waals surface area contributed by atoms with E-state index in [-0.39, 0.29) is 16.2 Å². The fraction of sp³-hybridized carbons (Fsp3) is 0.159. The Bertz CT molecular complexity index is 4080. The number of hydrogen-bond donors (Lipinski definition) is 0. The Morgan fingerprint density at radius 2 is 0.855 bits per heavy atom. The molecule has 0 heteroatoms. The lowest BCUT2D eigenvalue weighted by Crippen LogP contribution is -2.15. The summed E-state index contributed by atoms with van der Waals surface area (Å²) < 4.78 is 0. The first-order valence-electron chi connectivity index (χ1n) is 25.1. The molecule has 0 saturated heterocycles. The van der Waals surface area contributed by atoms with E-state index in [2.05, 4.69) is 224 Å². The van der Waals surface area contributed by atoms with Crippen molar-refractivity contribution in [3.63, 3.8) is 0 Å². The van der Waals surface area contributed by atoms with Gasteiger partial charge < -0.3 is 0 Å². The molecule has 0 aliphatic heterocycles. The Balaban J connectivity index is 1.09. The summed E-state index contributed by atoms with van der Waals surface area (Å²) in [6, 6.07) is 64.2. The second-order valence-electron chi connectivity index (χ2n) is 22.3. The highest BCUT2D eigenvalue weighted by atomic mass is 14.4. The first kappa shape index (κ1) is 39.5.